The van der Waals surface area contributed by atoms with E-state index in [1.54, 1.807) is 0 Å². The van der Waals surface area contributed by atoms with Crippen LogP contribution in [-0.2, 0) is 11.2 Å². The molecular weight excluding hydrogens is 432 g/mol. The molecule has 0 aromatic heterocycles. The summed E-state index contributed by atoms with van der Waals surface area (Å²) in [5.74, 6) is 2.31. The third-order valence-electron chi connectivity index (χ3n) is 6.84. The lowest BCUT2D eigenvalue weighted by molar-refractivity contribution is -0.0355. The maximum Gasteiger partial charge on any atom is 0.372 e. The zero-order valence-corrected chi connectivity index (χ0v) is 21.3. The van der Waals surface area contributed by atoms with Gasteiger partial charge in [-0.3, -0.25) is 0 Å². The summed E-state index contributed by atoms with van der Waals surface area (Å²) in [5, 5.41) is 10.8. The molecule has 4 nitrogen and oxygen atoms in total. The Morgan fingerprint density at radius 3 is 2.73 bits per heavy atom. The van der Waals surface area contributed by atoms with Crippen molar-refractivity contribution in [3.05, 3.63) is 47.1 Å². The summed E-state index contributed by atoms with van der Waals surface area (Å²) in [6.07, 6.45) is 10.5. The number of ether oxygens (including phenoxy) is 2. The highest BCUT2D eigenvalue weighted by Gasteiger charge is 2.31. The van der Waals surface area contributed by atoms with E-state index in [4.69, 9.17) is 9.47 Å². The van der Waals surface area contributed by atoms with E-state index in [1.807, 2.05) is 12.1 Å². The quantitative estimate of drug-likeness (QED) is 0.202. The molecule has 3 rings (SSSR count). The predicted molar refractivity (Wildman–Crippen MR) is 137 cm³/mol. The van der Waals surface area contributed by atoms with Crippen LogP contribution in [0.25, 0.3) is 0 Å². The average Bonchev–Trinajstić information content (AvgIpc) is 2.72. The van der Waals surface area contributed by atoms with Gasteiger partial charge in [-0.05, 0) is 87.7 Å². The van der Waals surface area contributed by atoms with Crippen molar-refractivity contribution in [2.75, 3.05) is 19.0 Å². The Morgan fingerprint density at radius 1 is 1.27 bits per heavy atom. The summed E-state index contributed by atoms with van der Waals surface area (Å²) in [7, 11) is 0. The number of phenols is 1. The van der Waals surface area contributed by atoms with E-state index in [-0.39, 0.29) is 22.9 Å². The Morgan fingerprint density at radius 2 is 2.06 bits per heavy atom. The maximum absolute atomic E-state index is 12.7. The van der Waals surface area contributed by atoms with E-state index in [1.165, 1.54) is 17.3 Å². The van der Waals surface area contributed by atoms with Gasteiger partial charge >= 0.3 is 5.30 Å². The van der Waals surface area contributed by atoms with E-state index in [0.717, 1.165) is 87.0 Å². The normalized spacial score (nSPS) is 20.8. The topological polar surface area (TPSA) is 55.8 Å². The summed E-state index contributed by atoms with van der Waals surface area (Å²) >= 11 is 1.23. The molecule has 0 radical (unpaired) electrons. The van der Waals surface area contributed by atoms with Crippen molar-refractivity contribution >= 4 is 17.1 Å². The van der Waals surface area contributed by atoms with Gasteiger partial charge in [0.15, 0.2) is 0 Å². The molecule has 1 heterocycles. The summed E-state index contributed by atoms with van der Waals surface area (Å²) in [5.41, 5.74) is 4.14. The van der Waals surface area contributed by atoms with Crippen LogP contribution in [0.3, 0.4) is 0 Å². The van der Waals surface area contributed by atoms with Crippen molar-refractivity contribution in [3.63, 3.8) is 0 Å². The second-order valence-electron chi connectivity index (χ2n) is 9.76. The third-order valence-corrected chi connectivity index (χ3v) is 7.65. The highest BCUT2D eigenvalue weighted by atomic mass is 32.2. The average molecular weight is 473 g/mol. The summed E-state index contributed by atoms with van der Waals surface area (Å²) in [6, 6.07) is 3.84. The van der Waals surface area contributed by atoms with Crippen molar-refractivity contribution in [2.24, 2.45) is 11.8 Å². The van der Waals surface area contributed by atoms with E-state index in [0.29, 0.717) is 11.7 Å². The number of hydrogen-bond acceptors (Lipinski definition) is 5. The van der Waals surface area contributed by atoms with Gasteiger partial charge in [-0.15, -0.1) is 0 Å². The minimum absolute atomic E-state index is 0.0349. The minimum Gasteiger partial charge on any atom is -0.507 e. The summed E-state index contributed by atoms with van der Waals surface area (Å²) in [4.78, 5) is 12.7. The second-order valence-corrected chi connectivity index (χ2v) is 10.8. The molecule has 1 saturated heterocycles. The van der Waals surface area contributed by atoms with Crippen molar-refractivity contribution in [3.8, 4) is 11.5 Å². The van der Waals surface area contributed by atoms with E-state index >= 15 is 0 Å². The Hall–Kier alpha value is -1.72. The number of carbonyl (C=O) groups excluding carboxylic acids is 1. The van der Waals surface area contributed by atoms with Gasteiger partial charge in [0.1, 0.15) is 11.5 Å². The van der Waals surface area contributed by atoms with Gasteiger partial charge in [-0.2, -0.15) is 0 Å². The number of unbranched alkanes of at least 4 members (excludes halogenated alkanes) is 2. The van der Waals surface area contributed by atoms with Crippen LogP contribution in [0, 0.1) is 11.8 Å². The van der Waals surface area contributed by atoms with Gasteiger partial charge in [-0.25, -0.2) is 4.79 Å². The Balaban J connectivity index is 1.80. The Labute approximate surface area is 203 Å². The predicted octanol–water partition coefficient (Wildman–Crippen LogP) is 7.80. The largest absolute Gasteiger partial charge is 0.507 e. The molecule has 2 atom stereocenters. The van der Waals surface area contributed by atoms with Crippen LogP contribution in [0.2, 0.25) is 0 Å². The number of benzene rings is 1. The zero-order chi connectivity index (χ0) is 23.8. The lowest BCUT2D eigenvalue weighted by Crippen LogP contribution is -2.27. The number of aromatic hydroxyl groups is 1. The van der Waals surface area contributed by atoms with Crippen molar-refractivity contribution < 1.29 is 19.4 Å². The molecule has 1 aromatic rings. The first-order valence-electron chi connectivity index (χ1n) is 12.5. The molecule has 1 aliphatic carbocycles. The standard InChI is InChI=1S/C28H40O4S/c1-5-6-7-9-21-15-25(29)27(24-14-20(4)11-12-23(24)19(2)3)26(16-21)32-28(30)33-13-8-10-22-17-31-18-22/h14-16,22-24,29H,2,5-13,17-18H2,1,3-4H3/t23-,24+/m0/s1. The lowest BCUT2D eigenvalue weighted by Gasteiger charge is -2.32. The highest BCUT2D eigenvalue weighted by molar-refractivity contribution is 8.13. The SMILES string of the molecule is C=C(C)[C@@H]1CCC(C)=C[C@H]1c1c(O)cc(CCCCC)cc1OC(=O)SCCCC1COC1. The van der Waals surface area contributed by atoms with Gasteiger partial charge in [0.2, 0.25) is 0 Å². The monoisotopic (exact) mass is 472 g/mol. The van der Waals surface area contributed by atoms with E-state index in [9.17, 15) is 9.90 Å². The van der Waals surface area contributed by atoms with Gasteiger partial charge in [-0.1, -0.05) is 43.6 Å². The Kier molecular flexibility index (Phi) is 9.94. The van der Waals surface area contributed by atoms with Gasteiger partial charge in [0.25, 0.3) is 0 Å². The zero-order valence-electron chi connectivity index (χ0n) is 20.5. The minimum atomic E-state index is -0.297. The number of allylic oxidation sites excluding steroid dienone is 3. The van der Waals surface area contributed by atoms with Crippen LogP contribution >= 0.6 is 11.8 Å². The second kappa shape index (κ2) is 12.7. The number of aryl methyl sites for hydroxylation is 1. The molecule has 5 heteroatoms. The third kappa shape index (κ3) is 7.38. The molecule has 1 aliphatic heterocycles. The summed E-state index contributed by atoms with van der Waals surface area (Å²) < 4.78 is 11.1. The van der Waals surface area contributed by atoms with Crippen LogP contribution in [0.15, 0.2) is 35.9 Å². The Bertz CT molecular complexity index is 856. The van der Waals surface area contributed by atoms with Crippen molar-refractivity contribution in [1.29, 1.82) is 0 Å². The van der Waals surface area contributed by atoms with Gasteiger partial charge in [0, 0.05) is 23.2 Å². The molecule has 0 saturated carbocycles. The molecule has 1 N–H and O–H groups in total. The van der Waals surface area contributed by atoms with Crippen LogP contribution in [0.1, 0.15) is 82.8 Å². The van der Waals surface area contributed by atoms with Crippen molar-refractivity contribution in [2.45, 2.75) is 78.1 Å². The lowest BCUT2D eigenvalue weighted by atomic mass is 9.73. The molecule has 0 amide bonds. The first kappa shape index (κ1) is 25.9. The van der Waals surface area contributed by atoms with Crippen LogP contribution < -0.4 is 4.74 Å². The fourth-order valence-electron chi connectivity index (χ4n) is 4.81. The first-order valence-corrected chi connectivity index (χ1v) is 13.5. The van der Waals surface area contributed by atoms with E-state index in [2.05, 4.69) is 33.4 Å². The molecule has 0 spiro atoms. The highest BCUT2D eigenvalue weighted by Crippen LogP contribution is 2.47. The number of hydrogen-bond donors (Lipinski definition) is 1. The van der Waals surface area contributed by atoms with Crippen molar-refractivity contribution in [1.82, 2.24) is 0 Å². The number of phenolic OH excluding ortho intramolecular Hbond substituents is 1. The molecule has 1 aromatic carbocycles. The fraction of sp³-hybridized carbons (Fsp3) is 0.607. The number of rotatable bonds is 11. The van der Waals surface area contributed by atoms with Crippen LogP contribution in [0.4, 0.5) is 4.79 Å². The molecule has 1 fully saturated rings. The maximum atomic E-state index is 12.7. The first-order chi connectivity index (χ1) is 15.9. The molecule has 33 heavy (non-hydrogen) atoms. The molecular formula is C28H40O4S. The molecule has 0 unspecified atom stereocenters. The summed E-state index contributed by atoms with van der Waals surface area (Å²) in [6.45, 7) is 12.3. The van der Waals surface area contributed by atoms with Gasteiger partial charge in [0.05, 0.1) is 13.2 Å². The number of thioether (sulfide) groups is 1. The van der Waals surface area contributed by atoms with E-state index < -0.39 is 0 Å². The molecule has 2 aliphatic rings. The smallest absolute Gasteiger partial charge is 0.372 e. The number of carbonyl (C=O) groups is 1. The van der Waals surface area contributed by atoms with Crippen LogP contribution in [-0.4, -0.2) is 29.4 Å². The van der Waals surface area contributed by atoms with Gasteiger partial charge < -0.3 is 14.6 Å². The van der Waals surface area contributed by atoms with Crippen LogP contribution in [0.5, 0.6) is 11.5 Å². The fourth-order valence-corrected chi connectivity index (χ4v) is 5.44. The molecule has 182 valence electrons. The molecule has 0 bridgehead atoms.